The Morgan fingerprint density at radius 3 is 2.40 bits per heavy atom. The van der Waals surface area contributed by atoms with Gasteiger partial charge in [-0.15, -0.1) is 0 Å². The highest BCUT2D eigenvalue weighted by atomic mass is 16.5. The predicted octanol–water partition coefficient (Wildman–Crippen LogP) is 5.54. The molecule has 1 aromatic heterocycles. The molecule has 7 nitrogen and oxygen atoms in total. The van der Waals surface area contributed by atoms with E-state index in [2.05, 4.69) is 0 Å². The van der Waals surface area contributed by atoms with Gasteiger partial charge in [-0.3, -0.25) is 14.5 Å². The van der Waals surface area contributed by atoms with E-state index in [0.717, 1.165) is 5.56 Å². The van der Waals surface area contributed by atoms with Crippen molar-refractivity contribution in [3.63, 3.8) is 0 Å². The molecule has 2 heterocycles. The molecule has 5 rings (SSSR count). The number of hydrogen-bond donors (Lipinski definition) is 1. The number of carbonyl (C=O) groups excluding carboxylic acids is 2. The molecule has 35 heavy (non-hydrogen) atoms. The first-order valence-corrected chi connectivity index (χ1v) is 11.0. The third kappa shape index (κ3) is 3.61. The fourth-order valence-electron chi connectivity index (χ4n) is 4.46. The number of rotatable bonds is 6. The maximum atomic E-state index is 13.8. The molecule has 1 unspecified atom stereocenters. The number of ketones is 1. The van der Waals surface area contributed by atoms with Crippen molar-refractivity contribution >= 4 is 28.3 Å². The lowest BCUT2D eigenvalue weighted by Gasteiger charge is -2.28. The molecule has 1 amide bonds. The number of ether oxygens (including phenoxy) is 2. The summed E-state index contributed by atoms with van der Waals surface area (Å²) in [6.45, 7) is 1.87. The summed E-state index contributed by atoms with van der Waals surface area (Å²) in [6.07, 6.45) is 0. The normalized spacial score (nSPS) is 15.7. The molecule has 0 radical (unpaired) electrons. The average Bonchev–Trinajstić information content (AvgIpc) is 3.43. The Kier molecular flexibility index (Phi) is 5.53. The van der Waals surface area contributed by atoms with E-state index >= 15 is 0 Å². The fraction of sp³-hybridized carbons (Fsp3) is 0.143. The minimum absolute atomic E-state index is 0.00370. The molecule has 4 aromatic rings. The molecule has 0 saturated heterocycles. The summed E-state index contributed by atoms with van der Waals surface area (Å²) in [5.74, 6) is -0.722. The van der Waals surface area contributed by atoms with Gasteiger partial charge in [0.05, 0.1) is 25.8 Å². The van der Waals surface area contributed by atoms with Gasteiger partial charge in [0.2, 0.25) is 5.78 Å². The van der Waals surface area contributed by atoms with Crippen LogP contribution in [0.3, 0.4) is 0 Å². The van der Waals surface area contributed by atoms with Crippen LogP contribution in [0.2, 0.25) is 0 Å². The van der Waals surface area contributed by atoms with Crippen molar-refractivity contribution in [1.29, 1.82) is 0 Å². The first kappa shape index (κ1) is 22.3. The van der Waals surface area contributed by atoms with Gasteiger partial charge in [-0.2, -0.15) is 0 Å². The molecule has 1 N–H and O–H groups in total. The minimum atomic E-state index is -0.864. The van der Waals surface area contributed by atoms with Crippen LogP contribution in [-0.2, 0) is 4.79 Å². The summed E-state index contributed by atoms with van der Waals surface area (Å²) in [5, 5.41) is 11.7. The van der Waals surface area contributed by atoms with Crippen LogP contribution < -0.4 is 14.4 Å². The number of para-hydroxylation sites is 2. The first-order valence-electron chi connectivity index (χ1n) is 11.0. The average molecular weight is 469 g/mol. The SMILES string of the molecule is COc1ccc(C2C(C(=O)c3cc4cccc(OC)c4o3)=C(O)C(=O)N2c2ccccc2C)cc1. The first-order chi connectivity index (χ1) is 16.9. The van der Waals surface area contributed by atoms with Crippen molar-refractivity contribution in [2.24, 2.45) is 0 Å². The third-order valence-electron chi connectivity index (χ3n) is 6.21. The monoisotopic (exact) mass is 469 g/mol. The van der Waals surface area contributed by atoms with Crippen molar-refractivity contribution in [1.82, 2.24) is 0 Å². The molecular formula is C28H23NO6. The van der Waals surface area contributed by atoms with E-state index in [0.29, 0.717) is 33.7 Å². The van der Waals surface area contributed by atoms with Gasteiger partial charge in [-0.05, 0) is 48.4 Å². The number of nitrogens with zero attached hydrogens (tertiary/aromatic N) is 1. The Labute approximate surface area is 201 Å². The summed E-state index contributed by atoms with van der Waals surface area (Å²) < 4.78 is 16.5. The molecule has 7 heteroatoms. The Morgan fingerprint density at radius 2 is 1.71 bits per heavy atom. The smallest absolute Gasteiger partial charge is 0.294 e. The van der Waals surface area contributed by atoms with E-state index in [9.17, 15) is 14.7 Å². The number of furan rings is 1. The number of carbonyl (C=O) groups is 2. The highest BCUT2D eigenvalue weighted by molar-refractivity contribution is 6.21. The van der Waals surface area contributed by atoms with E-state index in [1.165, 1.54) is 12.0 Å². The number of aryl methyl sites for hydroxylation is 1. The zero-order valence-electron chi connectivity index (χ0n) is 19.4. The molecule has 3 aromatic carbocycles. The number of hydrogen-bond acceptors (Lipinski definition) is 6. The molecule has 0 spiro atoms. The number of aliphatic hydroxyl groups excluding tert-OH is 1. The van der Waals surface area contributed by atoms with Crippen molar-refractivity contribution < 1.29 is 28.6 Å². The van der Waals surface area contributed by atoms with Crippen molar-refractivity contribution in [2.75, 3.05) is 19.1 Å². The predicted molar refractivity (Wildman–Crippen MR) is 131 cm³/mol. The number of amides is 1. The van der Waals surface area contributed by atoms with E-state index < -0.39 is 23.5 Å². The second-order valence-electron chi connectivity index (χ2n) is 8.22. The van der Waals surface area contributed by atoms with E-state index in [1.54, 1.807) is 61.7 Å². The minimum Gasteiger partial charge on any atom is -0.503 e. The lowest BCUT2D eigenvalue weighted by Crippen LogP contribution is -2.31. The van der Waals surface area contributed by atoms with Gasteiger partial charge in [0.1, 0.15) is 5.75 Å². The number of fused-ring (bicyclic) bond motifs is 1. The van der Waals surface area contributed by atoms with Gasteiger partial charge < -0.3 is 19.0 Å². The second kappa shape index (κ2) is 8.68. The zero-order chi connectivity index (χ0) is 24.7. The molecule has 0 fully saturated rings. The summed E-state index contributed by atoms with van der Waals surface area (Å²) in [6, 6.07) is 20.4. The van der Waals surface area contributed by atoms with Gasteiger partial charge in [-0.1, -0.05) is 42.5 Å². The maximum absolute atomic E-state index is 13.8. The highest BCUT2D eigenvalue weighted by Gasteiger charge is 2.45. The lowest BCUT2D eigenvalue weighted by atomic mass is 9.94. The molecule has 1 atom stereocenters. The van der Waals surface area contributed by atoms with E-state index in [4.69, 9.17) is 13.9 Å². The second-order valence-corrected chi connectivity index (χ2v) is 8.22. The van der Waals surface area contributed by atoms with Crippen LogP contribution in [0, 0.1) is 6.92 Å². The maximum Gasteiger partial charge on any atom is 0.294 e. The van der Waals surface area contributed by atoms with Gasteiger partial charge in [0.15, 0.2) is 22.9 Å². The van der Waals surface area contributed by atoms with Crippen LogP contribution in [0.1, 0.15) is 27.7 Å². The van der Waals surface area contributed by atoms with Crippen molar-refractivity contribution in [3.05, 3.63) is 101 Å². The zero-order valence-corrected chi connectivity index (χ0v) is 19.4. The summed E-state index contributed by atoms with van der Waals surface area (Å²) in [5.41, 5.74) is 2.43. The molecule has 176 valence electrons. The highest BCUT2D eigenvalue weighted by Crippen LogP contribution is 2.43. The van der Waals surface area contributed by atoms with Gasteiger partial charge in [0, 0.05) is 11.1 Å². The third-order valence-corrected chi connectivity index (χ3v) is 6.21. The summed E-state index contributed by atoms with van der Waals surface area (Å²) >= 11 is 0. The van der Waals surface area contributed by atoms with Crippen LogP contribution in [0.15, 0.2) is 88.5 Å². The Balaban J connectivity index is 1.67. The number of aliphatic hydroxyl groups is 1. The fourth-order valence-corrected chi connectivity index (χ4v) is 4.46. The summed E-state index contributed by atoms with van der Waals surface area (Å²) in [4.78, 5) is 28.6. The quantitative estimate of drug-likeness (QED) is 0.373. The van der Waals surface area contributed by atoms with Gasteiger partial charge >= 0.3 is 0 Å². The number of methoxy groups -OCH3 is 2. The topological polar surface area (TPSA) is 89.2 Å². The van der Waals surface area contributed by atoms with Crippen LogP contribution >= 0.6 is 0 Å². The van der Waals surface area contributed by atoms with Crippen LogP contribution in [-0.4, -0.2) is 31.0 Å². The van der Waals surface area contributed by atoms with Crippen molar-refractivity contribution in [2.45, 2.75) is 13.0 Å². The molecule has 1 aliphatic heterocycles. The molecule has 0 saturated carbocycles. The van der Waals surface area contributed by atoms with Gasteiger partial charge in [-0.25, -0.2) is 0 Å². The van der Waals surface area contributed by atoms with Gasteiger partial charge in [0.25, 0.3) is 5.91 Å². The standard InChI is InChI=1S/C28H23NO6/c1-16-7-4-5-9-20(16)29-24(17-11-13-19(33-2)14-12-17)23(26(31)28(29)32)25(30)22-15-18-8-6-10-21(34-3)27(18)35-22/h4-15,24,31H,1-3H3. The Morgan fingerprint density at radius 1 is 0.971 bits per heavy atom. The van der Waals surface area contributed by atoms with Crippen LogP contribution in [0.4, 0.5) is 5.69 Å². The molecule has 0 bridgehead atoms. The largest absolute Gasteiger partial charge is 0.503 e. The molecular weight excluding hydrogens is 446 g/mol. The van der Waals surface area contributed by atoms with Crippen molar-refractivity contribution in [3.8, 4) is 11.5 Å². The number of Topliss-reactive ketones (excluding diaryl/α,β-unsaturated/α-hetero) is 1. The van der Waals surface area contributed by atoms with Crippen LogP contribution in [0.5, 0.6) is 11.5 Å². The van der Waals surface area contributed by atoms with Crippen LogP contribution in [0.25, 0.3) is 11.0 Å². The molecule has 1 aliphatic rings. The lowest BCUT2D eigenvalue weighted by molar-refractivity contribution is -0.117. The Bertz CT molecular complexity index is 1480. The number of anilines is 1. The van der Waals surface area contributed by atoms with E-state index in [1.807, 2.05) is 25.1 Å². The molecule has 0 aliphatic carbocycles. The van der Waals surface area contributed by atoms with E-state index in [-0.39, 0.29) is 11.3 Å². The summed E-state index contributed by atoms with van der Waals surface area (Å²) in [7, 11) is 3.08. The Hall–Kier alpha value is -4.52. The number of benzene rings is 3.